The molecule has 0 unspecified atom stereocenters. The Balaban J connectivity index is 1.53. The highest BCUT2D eigenvalue weighted by molar-refractivity contribution is 5.54. The molecule has 1 N–H and O–H groups in total. The highest BCUT2D eigenvalue weighted by Gasteiger charge is 2.18. The molecule has 5 nitrogen and oxygen atoms in total. The highest BCUT2D eigenvalue weighted by atomic mass is 16.5. The summed E-state index contributed by atoms with van der Waals surface area (Å²) < 4.78 is 5.80. The van der Waals surface area contributed by atoms with Crippen molar-refractivity contribution in [3.8, 4) is 11.4 Å². The van der Waals surface area contributed by atoms with Crippen molar-refractivity contribution in [2.75, 3.05) is 32.8 Å². The molecule has 122 valence electrons. The Morgan fingerprint density at radius 1 is 1.26 bits per heavy atom. The van der Waals surface area contributed by atoms with Crippen molar-refractivity contribution in [2.24, 2.45) is 0 Å². The lowest BCUT2D eigenvalue weighted by Gasteiger charge is -2.32. The van der Waals surface area contributed by atoms with Gasteiger partial charge >= 0.3 is 0 Å². The summed E-state index contributed by atoms with van der Waals surface area (Å²) in [6, 6.07) is 12.0. The molecule has 1 saturated heterocycles. The molecule has 2 aromatic rings. The molecular formula is C18H24N4O. The van der Waals surface area contributed by atoms with Gasteiger partial charge in [-0.1, -0.05) is 37.3 Å². The van der Waals surface area contributed by atoms with Gasteiger partial charge in [0.25, 0.3) is 0 Å². The minimum Gasteiger partial charge on any atom is -0.374 e. The highest BCUT2D eigenvalue weighted by Crippen LogP contribution is 2.13. The van der Waals surface area contributed by atoms with Gasteiger partial charge in [-0.25, -0.2) is 9.97 Å². The summed E-state index contributed by atoms with van der Waals surface area (Å²) in [4.78, 5) is 11.4. The Bertz CT molecular complexity index is 605. The Morgan fingerprint density at radius 2 is 2.13 bits per heavy atom. The largest absolute Gasteiger partial charge is 0.374 e. The molecule has 0 aliphatic carbocycles. The first-order valence-corrected chi connectivity index (χ1v) is 8.27. The third kappa shape index (κ3) is 4.58. The molecule has 1 aliphatic heterocycles. The monoisotopic (exact) mass is 312 g/mol. The van der Waals surface area contributed by atoms with Crippen LogP contribution >= 0.6 is 0 Å². The van der Waals surface area contributed by atoms with E-state index in [0.717, 1.165) is 56.4 Å². The zero-order valence-electron chi connectivity index (χ0n) is 13.6. The van der Waals surface area contributed by atoms with Crippen LogP contribution in [0.5, 0.6) is 0 Å². The van der Waals surface area contributed by atoms with Gasteiger partial charge in [0, 0.05) is 37.9 Å². The summed E-state index contributed by atoms with van der Waals surface area (Å²) in [6.45, 7) is 7.73. The van der Waals surface area contributed by atoms with E-state index in [4.69, 9.17) is 4.74 Å². The number of nitrogens with zero attached hydrogens (tertiary/aromatic N) is 3. The van der Waals surface area contributed by atoms with Crippen LogP contribution in [-0.4, -0.2) is 53.8 Å². The number of morpholine rings is 1. The summed E-state index contributed by atoms with van der Waals surface area (Å²) in [6.07, 6.45) is 2.08. The second kappa shape index (κ2) is 8.15. The first kappa shape index (κ1) is 16.1. The summed E-state index contributed by atoms with van der Waals surface area (Å²) in [7, 11) is 0. The average molecular weight is 312 g/mol. The van der Waals surface area contributed by atoms with Crippen LogP contribution in [0.15, 0.2) is 42.6 Å². The van der Waals surface area contributed by atoms with Gasteiger partial charge in [-0.15, -0.1) is 0 Å². The van der Waals surface area contributed by atoms with Gasteiger partial charge in [0.05, 0.1) is 18.4 Å². The molecule has 3 rings (SSSR count). The SMILES string of the molecule is CCN1CCO[C@H](CNCc2ccnc(-c3ccccc3)n2)C1. The number of nitrogens with one attached hydrogen (secondary N) is 1. The molecule has 23 heavy (non-hydrogen) atoms. The van der Waals surface area contributed by atoms with Crippen LogP contribution in [0, 0.1) is 0 Å². The topological polar surface area (TPSA) is 50.3 Å². The summed E-state index contributed by atoms with van der Waals surface area (Å²) in [5.74, 6) is 0.774. The molecule has 0 bridgehead atoms. The van der Waals surface area contributed by atoms with E-state index in [9.17, 15) is 0 Å². The van der Waals surface area contributed by atoms with E-state index < -0.39 is 0 Å². The van der Waals surface area contributed by atoms with E-state index in [-0.39, 0.29) is 6.10 Å². The van der Waals surface area contributed by atoms with Crippen molar-refractivity contribution in [1.82, 2.24) is 20.2 Å². The maximum absolute atomic E-state index is 5.80. The van der Waals surface area contributed by atoms with Crippen molar-refractivity contribution in [2.45, 2.75) is 19.6 Å². The predicted octanol–water partition coefficient (Wildman–Crippen LogP) is 1.95. The van der Waals surface area contributed by atoms with E-state index in [2.05, 4.69) is 27.1 Å². The van der Waals surface area contributed by atoms with Gasteiger partial charge in [0.2, 0.25) is 0 Å². The van der Waals surface area contributed by atoms with Gasteiger partial charge in [-0.2, -0.15) is 0 Å². The molecule has 0 saturated carbocycles. The summed E-state index contributed by atoms with van der Waals surface area (Å²) >= 11 is 0. The van der Waals surface area contributed by atoms with Crippen LogP contribution in [0.1, 0.15) is 12.6 Å². The van der Waals surface area contributed by atoms with Gasteiger partial charge < -0.3 is 10.1 Å². The average Bonchev–Trinajstić information content (AvgIpc) is 2.63. The summed E-state index contributed by atoms with van der Waals surface area (Å²) in [5.41, 5.74) is 2.05. The Kier molecular flexibility index (Phi) is 5.69. The van der Waals surface area contributed by atoms with Gasteiger partial charge in [-0.05, 0) is 12.6 Å². The molecular weight excluding hydrogens is 288 g/mol. The fourth-order valence-electron chi connectivity index (χ4n) is 2.77. The Labute approximate surface area is 137 Å². The number of likely N-dealkylation sites (N-methyl/N-ethyl adjacent to an activating group) is 1. The molecule has 1 aliphatic rings. The van der Waals surface area contributed by atoms with Crippen molar-refractivity contribution >= 4 is 0 Å². The third-order valence-corrected chi connectivity index (χ3v) is 4.09. The number of hydrogen-bond donors (Lipinski definition) is 1. The van der Waals surface area contributed by atoms with Crippen LogP contribution < -0.4 is 5.32 Å². The van der Waals surface area contributed by atoms with E-state index in [0.29, 0.717) is 0 Å². The van der Waals surface area contributed by atoms with Crippen LogP contribution in [0.3, 0.4) is 0 Å². The molecule has 0 amide bonds. The van der Waals surface area contributed by atoms with Crippen molar-refractivity contribution in [3.05, 3.63) is 48.3 Å². The van der Waals surface area contributed by atoms with E-state index in [1.54, 1.807) is 0 Å². The van der Waals surface area contributed by atoms with E-state index in [1.807, 2.05) is 42.6 Å². The zero-order chi connectivity index (χ0) is 15.9. The molecule has 1 aromatic carbocycles. The van der Waals surface area contributed by atoms with Crippen LogP contribution in [0.2, 0.25) is 0 Å². The van der Waals surface area contributed by atoms with Crippen LogP contribution in [0.4, 0.5) is 0 Å². The minimum absolute atomic E-state index is 0.263. The third-order valence-electron chi connectivity index (χ3n) is 4.09. The lowest BCUT2D eigenvalue weighted by Crippen LogP contribution is -2.46. The maximum atomic E-state index is 5.80. The fourth-order valence-corrected chi connectivity index (χ4v) is 2.77. The van der Waals surface area contributed by atoms with Crippen LogP contribution in [-0.2, 0) is 11.3 Å². The number of hydrogen-bond acceptors (Lipinski definition) is 5. The zero-order valence-corrected chi connectivity index (χ0v) is 13.6. The second-order valence-corrected chi connectivity index (χ2v) is 5.75. The number of aromatic nitrogens is 2. The molecule has 5 heteroatoms. The lowest BCUT2D eigenvalue weighted by molar-refractivity contribution is -0.0254. The molecule has 1 atom stereocenters. The van der Waals surface area contributed by atoms with Crippen LogP contribution in [0.25, 0.3) is 11.4 Å². The fraction of sp³-hybridized carbons (Fsp3) is 0.444. The molecule has 0 radical (unpaired) electrons. The maximum Gasteiger partial charge on any atom is 0.159 e. The smallest absolute Gasteiger partial charge is 0.159 e. The Morgan fingerprint density at radius 3 is 2.96 bits per heavy atom. The molecule has 2 heterocycles. The second-order valence-electron chi connectivity index (χ2n) is 5.75. The first-order chi connectivity index (χ1) is 11.3. The lowest BCUT2D eigenvalue weighted by atomic mass is 10.2. The minimum atomic E-state index is 0.263. The Hall–Kier alpha value is -1.82. The summed E-state index contributed by atoms with van der Waals surface area (Å²) in [5, 5.41) is 3.45. The molecule has 1 fully saturated rings. The van der Waals surface area contributed by atoms with Crippen molar-refractivity contribution in [1.29, 1.82) is 0 Å². The number of benzene rings is 1. The molecule has 0 spiro atoms. The number of rotatable bonds is 6. The van der Waals surface area contributed by atoms with Crippen molar-refractivity contribution in [3.63, 3.8) is 0 Å². The predicted molar refractivity (Wildman–Crippen MR) is 91.0 cm³/mol. The van der Waals surface area contributed by atoms with E-state index >= 15 is 0 Å². The number of ether oxygens (including phenoxy) is 1. The first-order valence-electron chi connectivity index (χ1n) is 8.27. The van der Waals surface area contributed by atoms with Gasteiger partial charge in [-0.3, -0.25) is 4.90 Å². The quantitative estimate of drug-likeness (QED) is 0.883. The van der Waals surface area contributed by atoms with Gasteiger partial charge in [0.1, 0.15) is 0 Å². The van der Waals surface area contributed by atoms with Gasteiger partial charge in [0.15, 0.2) is 5.82 Å². The standard InChI is InChI=1S/C18H24N4O/c1-2-22-10-11-23-17(14-22)13-19-12-16-8-9-20-18(21-16)15-6-4-3-5-7-15/h3-9,17,19H,2,10-14H2,1H3/t17-/m1/s1. The van der Waals surface area contributed by atoms with Crippen molar-refractivity contribution < 1.29 is 4.74 Å². The van der Waals surface area contributed by atoms with E-state index in [1.165, 1.54) is 0 Å². The molecule has 1 aromatic heterocycles. The normalized spacial score (nSPS) is 18.9.